The Kier molecular flexibility index (Phi) is 4.37. The van der Waals surface area contributed by atoms with Gasteiger partial charge in [-0.25, -0.2) is 4.98 Å². The number of nitrogens with zero attached hydrogens (tertiary/aromatic N) is 1. The van der Waals surface area contributed by atoms with Crippen LogP contribution in [-0.4, -0.2) is 16.5 Å². The van der Waals surface area contributed by atoms with Crippen molar-refractivity contribution < 1.29 is 0 Å². The van der Waals surface area contributed by atoms with E-state index in [1.807, 2.05) is 0 Å². The molecule has 0 saturated heterocycles. The average Bonchev–Trinajstić information content (AvgIpc) is 2.76. The quantitative estimate of drug-likeness (QED) is 0.766. The van der Waals surface area contributed by atoms with Gasteiger partial charge in [-0.15, -0.1) is 0 Å². The highest BCUT2D eigenvalue weighted by molar-refractivity contribution is 5.75. The van der Waals surface area contributed by atoms with Crippen molar-refractivity contribution in [2.75, 3.05) is 6.54 Å². The number of aryl methyl sites for hydroxylation is 1. The van der Waals surface area contributed by atoms with Gasteiger partial charge in [0, 0.05) is 0 Å². The van der Waals surface area contributed by atoms with Crippen LogP contribution in [0.15, 0.2) is 18.2 Å². The summed E-state index contributed by atoms with van der Waals surface area (Å²) in [5.41, 5.74) is 3.45. The van der Waals surface area contributed by atoms with E-state index in [9.17, 15) is 0 Å². The lowest BCUT2D eigenvalue weighted by molar-refractivity contribution is 0.485. The molecule has 18 heavy (non-hydrogen) atoms. The van der Waals surface area contributed by atoms with Gasteiger partial charge in [0.15, 0.2) is 0 Å². The summed E-state index contributed by atoms with van der Waals surface area (Å²) < 4.78 is 0. The molecule has 1 aromatic carbocycles. The summed E-state index contributed by atoms with van der Waals surface area (Å²) in [5.74, 6) is 1.83. The smallest absolute Gasteiger partial charge is 0.121 e. The lowest BCUT2D eigenvalue weighted by atomic mass is 10.1. The molecular weight excluding hydrogens is 222 g/mol. The fraction of sp³-hybridized carbons (Fsp3) is 0.533. The first-order valence-electron chi connectivity index (χ1n) is 6.85. The molecule has 0 aliphatic heterocycles. The fourth-order valence-corrected chi connectivity index (χ4v) is 2.02. The monoisotopic (exact) mass is 245 g/mol. The summed E-state index contributed by atoms with van der Waals surface area (Å²) in [7, 11) is 0. The molecule has 98 valence electrons. The first-order chi connectivity index (χ1) is 8.69. The van der Waals surface area contributed by atoms with Crippen molar-refractivity contribution in [3.05, 3.63) is 29.6 Å². The Morgan fingerprint density at radius 3 is 3.00 bits per heavy atom. The van der Waals surface area contributed by atoms with Gasteiger partial charge in [0.25, 0.3) is 0 Å². The van der Waals surface area contributed by atoms with Crippen molar-refractivity contribution in [1.29, 1.82) is 0 Å². The second kappa shape index (κ2) is 6.01. The molecule has 0 radical (unpaired) electrons. The van der Waals surface area contributed by atoms with Crippen LogP contribution in [0.5, 0.6) is 0 Å². The van der Waals surface area contributed by atoms with Crippen molar-refractivity contribution in [2.45, 2.75) is 40.2 Å². The molecule has 2 N–H and O–H groups in total. The number of rotatable bonds is 6. The molecule has 1 unspecified atom stereocenters. The van der Waals surface area contributed by atoms with E-state index < -0.39 is 0 Å². The highest BCUT2D eigenvalue weighted by atomic mass is 15.0. The Morgan fingerprint density at radius 1 is 1.39 bits per heavy atom. The van der Waals surface area contributed by atoms with Gasteiger partial charge < -0.3 is 10.3 Å². The summed E-state index contributed by atoms with van der Waals surface area (Å²) in [6.07, 6.45) is 2.49. The lowest BCUT2D eigenvalue weighted by Crippen LogP contribution is -2.17. The average molecular weight is 245 g/mol. The highest BCUT2D eigenvalue weighted by Crippen LogP contribution is 2.13. The summed E-state index contributed by atoms with van der Waals surface area (Å²) in [4.78, 5) is 7.94. The molecule has 1 heterocycles. The first-order valence-corrected chi connectivity index (χ1v) is 6.85. The maximum Gasteiger partial charge on any atom is 0.121 e. The number of benzene rings is 1. The van der Waals surface area contributed by atoms with E-state index in [4.69, 9.17) is 0 Å². The van der Waals surface area contributed by atoms with Crippen molar-refractivity contribution in [2.24, 2.45) is 5.92 Å². The third kappa shape index (κ3) is 3.33. The van der Waals surface area contributed by atoms with E-state index in [-0.39, 0.29) is 0 Å². The molecule has 0 aliphatic carbocycles. The number of aromatic nitrogens is 2. The minimum atomic E-state index is 0.802. The molecule has 0 bridgehead atoms. The minimum absolute atomic E-state index is 0.802. The number of hydrogen-bond donors (Lipinski definition) is 2. The van der Waals surface area contributed by atoms with E-state index in [1.54, 1.807) is 0 Å². The van der Waals surface area contributed by atoms with Gasteiger partial charge >= 0.3 is 0 Å². The van der Waals surface area contributed by atoms with E-state index in [0.717, 1.165) is 35.9 Å². The summed E-state index contributed by atoms with van der Waals surface area (Å²) in [5, 5.41) is 3.45. The van der Waals surface area contributed by atoms with Gasteiger partial charge in [-0.2, -0.15) is 0 Å². The van der Waals surface area contributed by atoms with Crippen LogP contribution >= 0.6 is 0 Å². The van der Waals surface area contributed by atoms with E-state index in [2.05, 4.69) is 54.3 Å². The molecule has 0 amide bonds. The SMILES string of the molecule is CCC(C)CCNCc1nc2ccc(C)cc2[nH]1. The Morgan fingerprint density at radius 2 is 2.22 bits per heavy atom. The first kappa shape index (κ1) is 13.1. The van der Waals surface area contributed by atoms with Gasteiger partial charge in [0.1, 0.15) is 5.82 Å². The molecular formula is C15H23N3. The predicted molar refractivity (Wildman–Crippen MR) is 76.6 cm³/mol. The third-order valence-electron chi connectivity index (χ3n) is 3.49. The zero-order valence-corrected chi connectivity index (χ0v) is 11.6. The minimum Gasteiger partial charge on any atom is -0.341 e. The maximum atomic E-state index is 4.57. The van der Waals surface area contributed by atoms with Gasteiger partial charge in [-0.1, -0.05) is 26.3 Å². The number of H-pyrrole nitrogens is 1. The van der Waals surface area contributed by atoms with Crippen LogP contribution in [0.3, 0.4) is 0 Å². The van der Waals surface area contributed by atoms with Gasteiger partial charge in [-0.3, -0.25) is 0 Å². The zero-order chi connectivity index (χ0) is 13.0. The van der Waals surface area contributed by atoms with E-state index in [1.165, 1.54) is 18.4 Å². The van der Waals surface area contributed by atoms with Crippen molar-refractivity contribution >= 4 is 11.0 Å². The number of fused-ring (bicyclic) bond motifs is 1. The second-order valence-corrected chi connectivity index (χ2v) is 5.18. The molecule has 3 nitrogen and oxygen atoms in total. The van der Waals surface area contributed by atoms with Crippen LogP contribution in [0.25, 0.3) is 11.0 Å². The maximum absolute atomic E-state index is 4.57. The normalized spacial score (nSPS) is 13.1. The van der Waals surface area contributed by atoms with Crippen LogP contribution in [0, 0.1) is 12.8 Å². The molecule has 0 saturated carbocycles. The van der Waals surface area contributed by atoms with E-state index in [0.29, 0.717) is 0 Å². The number of hydrogen-bond acceptors (Lipinski definition) is 2. The number of aromatic amines is 1. The van der Waals surface area contributed by atoms with Gasteiger partial charge in [0.2, 0.25) is 0 Å². The molecule has 3 heteroatoms. The molecule has 0 spiro atoms. The summed E-state index contributed by atoms with van der Waals surface area (Å²) in [6.45, 7) is 8.53. The standard InChI is InChI=1S/C15H23N3/c1-4-11(2)7-8-16-10-15-17-13-6-5-12(3)9-14(13)18-15/h5-6,9,11,16H,4,7-8,10H2,1-3H3,(H,17,18). The fourth-order valence-electron chi connectivity index (χ4n) is 2.02. The van der Waals surface area contributed by atoms with Crippen LogP contribution < -0.4 is 5.32 Å². The molecule has 0 fully saturated rings. The Labute approximate surface area is 109 Å². The molecule has 1 aromatic heterocycles. The predicted octanol–water partition coefficient (Wildman–Crippen LogP) is 3.40. The Bertz CT molecular complexity index is 501. The molecule has 2 aromatic rings. The third-order valence-corrected chi connectivity index (χ3v) is 3.49. The van der Waals surface area contributed by atoms with Crippen LogP contribution in [0.2, 0.25) is 0 Å². The van der Waals surface area contributed by atoms with Gasteiger partial charge in [-0.05, 0) is 43.5 Å². The molecule has 0 aliphatic rings. The number of imidazole rings is 1. The second-order valence-electron chi connectivity index (χ2n) is 5.18. The van der Waals surface area contributed by atoms with Crippen molar-refractivity contribution in [3.63, 3.8) is 0 Å². The molecule has 1 atom stereocenters. The zero-order valence-electron chi connectivity index (χ0n) is 11.6. The topological polar surface area (TPSA) is 40.7 Å². The number of nitrogens with one attached hydrogen (secondary N) is 2. The summed E-state index contributed by atoms with van der Waals surface area (Å²) in [6, 6.07) is 6.32. The largest absolute Gasteiger partial charge is 0.341 e. The van der Waals surface area contributed by atoms with Crippen LogP contribution in [0.1, 0.15) is 38.1 Å². The van der Waals surface area contributed by atoms with Crippen LogP contribution in [-0.2, 0) is 6.54 Å². The highest BCUT2D eigenvalue weighted by Gasteiger charge is 2.03. The van der Waals surface area contributed by atoms with Gasteiger partial charge in [0.05, 0.1) is 17.6 Å². The summed E-state index contributed by atoms with van der Waals surface area (Å²) >= 11 is 0. The van der Waals surface area contributed by atoms with Crippen LogP contribution in [0.4, 0.5) is 0 Å². The van der Waals surface area contributed by atoms with E-state index >= 15 is 0 Å². The van der Waals surface area contributed by atoms with Crippen molar-refractivity contribution in [1.82, 2.24) is 15.3 Å². The van der Waals surface area contributed by atoms with Crippen molar-refractivity contribution in [3.8, 4) is 0 Å². The Hall–Kier alpha value is -1.35. The lowest BCUT2D eigenvalue weighted by Gasteiger charge is -2.07. The molecule has 2 rings (SSSR count). The Balaban J connectivity index is 1.88.